The molecule has 20 heavy (non-hydrogen) atoms. The van der Waals surface area contributed by atoms with E-state index in [0.29, 0.717) is 5.13 Å². The van der Waals surface area contributed by atoms with Crippen LogP contribution in [0.25, 0.3) is 0 Å². The second-order valence-electron chi connectivity index (χ2n) is 3.62. The SMILES string of the molecule is N#Cc1ccc(OCc2cnc(NN)s2)c([N+](=O)[O-])c1. The Balaban J connectivity index is 2.16. The summed E-state index contributed by atoms with van der Waals surface area (Å²) >= 11 is 1.28. The largest absolute Gasteiger partial charge is 0.481 e. The number of aromatic nitrogens is 1. The molecule has 0 amide bonds. The standard InChI is InChI=1S/C11H9N5O3S/c12-4-7-1-2-10(9(3-7)16(17)18)19-6-8-5-14-11(15-13)20-8/h1-3,5H,6,13H2,(H,14,15). The molecule has 1 aromatic carbocycles. The highest BCUT2D eigenvalue weighted by molar-refractivity contribution is 7.15. The first-order valence-electron chi connectivity index (χ1n) is 5.36. The number of nitrogens with zero attached hydrogens (tertiary/aromatic N) is 3. The van der Waals surface area contributed by atoms with Crippen LogP contribution < -0.4 is 16.0 Å². The van der Waals surface area contributed by atoms with Gasteiger partial charge < -0.3 is 4.74 Å². The number of nitro benzene ring substituents is 1. The molecular formula is C11H9N5O3S. The third-order valence-corrected chi connectivity index (χ3v) is 3.23. The zero-order valence-electron chi connectivity index (χ0n) is 10.1. The summed E-state index contributed by atoms with van der Waals surface area (Å²) in [6.07, 6.45) is 1.56. The Morgan fingerprint density at radius 1 is 1.60 bits per heavy atom. The molecule has 0 aliphatic rings. The number of ether oxygens (including phenoxy) is 1. The Kier molecular flexibility index (Phi) is 4.09. The van der Waals surface area contributed by atoms with Gasteiger partial charge in [-0.1, -0.05) is 11.3 Å². The monoisotopic (exact) mass is 291 g/mol. The van der Waals surface area contributed by atoms with Gasteiger partial charge in [-0.15, -0.1) is 0 Å². The van der Waals surface area contributed by atoms with E-state index in [0.717, 1.165) is 4.88 Å². The fourth-order valence-corrected chi connectivity index (χ4v) is 2.08. The van der Waals surface area contributed by atoms with Gasteiger partial charge in [0.25, 0.3) is 0 Å². The lowest BCUT2D eigenvalue weighted by atomic mass is 10.2. The number of hydrazine groups is 1. The number of hydrogen-bond donors (Lipinski definition) is 2. The molecule has 2 aromatic rings. The second-order valence-corrected chi connectivity index (χ2v) is 4.73. The lowest BCUT2D eigenvalue weighted by Crippen LogP contribution is -2.05. The molecule has 2 rings (SSSR count). The molecule has 102 valence electrons. The first-order valence-corrected chi connectivity index (χ1v) is 6.18. The number of hydrogen-bond acceptors (Lipinski definition) is 8. The van der Waals surface area contributed by atoms with Crippen LogP contribution in [0.3, 0.4) is 0 Å². The maximum absolute atomic E-state index is 10.9. The van der Waals surface area contributed by atoms with Crippen molar-refractivity contribution in [1.29, 1.82) is 5.26 Å². The summed E-state index contributed by atoms with van der Waals surface area (Å²) in [6, 6.07) is 5.88. The van der Waals surface area contributed by atoms with E-state index in [9.17, 15) is 10.1 Å². The quantitative estimate of drug-likeness (QED) is 0.488. The number of nitrogens with one attached hydrogen (secondary N) is 1. The lowest BCUT2D eigenvalue weighted by molar-refractivity contribution is -0.386. The number of anilines is 1. The molecule has 0 aliphatic carbocycles. The van der Waals surface area contributed by atoms with Crippen LogP contribution in [0.15, 0.2) is 24.4 Å². The van der Waals surface area contributed by atoms with Gasteiger partial charge in [-0.3, -0.25) is 15.5 Å². The molecule has 0 radical (unpaired) electrons. The Labute approximate surface area is 117 Å². The van der Waals surface area contributed by atoms with Gasteiger partial charge in [-0.05, 0) is 12.1 Å². The minimum absolute atomic E-state index is 0.102. The molecule has 3 N–H and O–H groups in total. The highest BCUT2D eigenvalue weighted by Crippen LogP contribution is 2.29. The van der Waals surface area contributed by atoms with Crippen LogP contribution in [-0.4, -0.2) is 9.91 Å². The molecule has 0 bridgehead atoms. The molecule has 0 aliphatic heterocycles. The maximum Gasteiger partial charge on any atom is 0.312 e. The maximum atomic E-state index is 10.9. The third-order valence-electron chi connectivity index (χ3n) is 2.33. The van der Waals surface area contributed by atoms with Gasteiger partial charge in [0.15, 0.2) is 10.9 Å². The van der Waals surface area contributed by atoms with Crippen molar-refractivity contribution in [2.24, 2.45) is 5.84 Å². The van der Waals surface area contributed by atoms with Crippen LogP contribution >= 0.6 is 11.3 Å². The molecule has 0 unspecified atom stereocenters. The van der Waals surface area contributed by atoms with E-state index in [1.165, 1.54) is 29.5 Å². The molecule has 0 atom stereocenters. The van der Waals surface area contributed by atoms with Crippen LogP contribution in [-0.2, 0) is 6.61 Å². The summed E-state index contributed by atoms with van der Waals surface area (Å²) < 4.78 is 5.39. The molecule has 8 nitrogen and oxygen atoms in total. The van der Waals surface area contributed by atoms with Gasteiger partial charge in [-0.25, -0.2) is 10.8 Å². The average molecular weight is 291 g/mol. The fraction of sp³-hybridized carbons (Fsp3) is 0.0909. The van der Waals surface area contributed by atoms with Crippen LogP contribution in [0.5, 0.6) is 5.75 Å². The number of rotatable bonds is 5. The van der Waals surface area contributed by atoms with Gasteiger partial charge in [0.2, 0.25) is 0 Å². The van der Waals surface area contributed by atoms with Gasteiger partial charge in [0.1, 0.15) is 6.61 Å². The van der Waals surface area contributed by atoms with Gasteiger partial charge in [0.05, 0.1) is 21.4 Å². The summed E-state index contributed by atoms with van der Waals surface area (Å²) in [5, 5.41) is 20.2. The van der Waals surface area contributed by atoms with E-state index in [2.05, 4.69) is 10.4 Å². The van der Waals surface area contributed by atoms with Crippen LogP contribution in [0, 0.1) is 21.4 Å². The van der Waals surface area contributed by atoms with E-state index in [1.807, 2.05) is 6.07 Å². The van der Waals surface area contributed by atoms with Crippen LogP contribution in [0.1, 0.15) is 10.4 Å². The highest BCUT2D eigenvalue weighted by atomic mass is 32.1. The molecular weight excluding hydrogens is 282 g/mol. The van der Waals surface area contributed by atoms with Gasteiger partial charge >= 0.3 is 5.69 Å². The number of benzene rings is 1. The van der Waals surface area contributed by atoms with E-state index < -0.39 is 4.92 Å². The molecule has 0 saturated heterocycles. The second kappa shape index (κ2) is 5.96. The summed E-state index contributed by atoms with van der Waals surface area (Å²) in [7, 11) is 0. The predicted molar refractivity (Wildman–Crippen MR) is 72.1 cm³/mol. The summed E-state index contributed by atoms with van der Waals surface area (Å²) in [5.41, 5.74) is 2.36. The summed E-state index contributed by atoms with van der Waals surface area (Å²) in [4.78, 5) is 15.1. The zero-order valence-corrected chi connectivity index (χ0v) is 10.9. The smallest absolute Gasteiger partial charge is 0.312 e. The Morgan fingerprint density at radius 2 is 2.40 bits per heavy atom. The van der Waals surface area contributed by atoms with Crippen molar-refractivity contribution < 1.29 is 9.66 Å². The van der Waals surface area contributed by atoms with Crippen molar-refractivity contribution >= 4 is 22.2 Å². The molecule has 1 heterocycles. The first-order chi connectivity index (χ1) is 9.63. The number of nitrogens with two attached hydrogens (primary N) is 1. The Morgan fingerprint density at radius 3 is 3.00 bits per heavy atom. The van der Waals surface area contributed by atoms with Crippen molar-refractivity contribution in [3.8, 4) is 11.8 Å². The Hall–Kier alpha value is -2.70. The van der Waals surface area contributed by atoms with E-state index in [-0.39, 0.29) is 23.6 Å². The van der Waals surface area contributed by atoms with Crippen molar-refractivity contribution in [3.63, 3.8) is 0 Å². The van der Waals surface area contributed by atoms with Crippen molar-refractivity contribution in [2.45, 2.75) is 6.61 Å². The van der Waals surface area contributed by atoms with Gasteiger partial charge in [-0.2, -0.15) is 5.26 Å². The summed E-state index contributed by atoms with van der Waals surface area (Å²) in [6.45, 7) is 0.131. The molecule has 0 fully saturated rings. The van der Waals surface area contributed by atoms with E-state index in [4.69, 9.17) is 15.8 Å². The van der Waals surface area contributed by atoms with Crippen molar-refractivity contribution in [3.05, 3.63) is 45.0 Å². The van der Waals surface area contributed by atoms with Crippen molar-refractivity contribution in [1.82, 2.24) is 4.98 Å². The predicted octanol–water partition coefficient (Wildman–Crippen LogP) is 1.79. The Bertz CT molecular complexity index is 679. The van der Waals surface area contributed by atoms with E-state index >= 15 is 0 Å². The zero-order chi connectivity index (χ0) is 14.5. The minimum Gasteiger partial charge on any atom is -0.481 e. The number of thiazole rings is 1. The molecule has 0 saturated carbocycles. The molecule has 1 aromatic heterocycles. The highest BCUT2D eigenvalue weighted by Gasteiger charge is 2.16. The van der Waals surface area contributed by atoms with Gasteiger partial charge in [0, 0.05) is 12.3 Å². The average Bonchev–Trinajstić information content (AvgIpc) is 2.92. The van der Waals surface area contributed by atoms with E-state index in [1.54, 1.807) is 6.20 Å². The molecule has 9 heteroatoms. The third kappa shape index (κ3) is 3.00. The molecule has 0 spiro atoms. The number of nitriles is 1. The first kappa shape index (κ1) is 13.7. The van der Waals surface area contributed by atoms with Crippen molar-refractivity contribution in [2.75, 3.05) is 5.43 Å². The normalized spacial score (nSPS) is 9.80. The topological polar surface area (TPSA) is 127 Å². The van der Waals surface area contributed by atoms with Crippen LogP contribution in [0.4, 0.5) is 10.8 Å². The number of nitrogen functional groups attached to an aromatic ring is 1. The summed E-state index contributed by atoms with van der Waals surface area (Å²) in [5.74, 6) is 5.30. The lowest BCUT2D eigenvalue weighted by Gasteiger charge is -2.05. The minimum atomic E-state index is -0.588. The number of nitro groups is 1. The fourth-order valence-electron chi connectivity index (χ4n) is 1.44. The van der Waals surface area contributed by atoms with Crippen LogP contribution in [0.2, 0.25) is 0 Å².